The van der Waals surface area contributed by atoms with Gasteiger partial charge in [0.2, 0.25) is 5.91 Å². The molecule has 0 aromatic heterocycles. The van der Waals surface area contributed by atoms with Gasteiger partial charge in [-0.05, 0) is 49.9 Å². The Hall–Kier alpha value is -1.07. The maximum absolute atomic E-state index is 12.0. The van der Waals surface area contributed by atoms with Crippen molar-refractivity contribution in [3.05, 3.63) is 28.7 Å². The number of rotatable bonds is 6. The Morgan fingerprint density at radius 3 is 2.81 bits per heavy atom. The highest BCUT2D eigenvalue weighted by atomic mass is 79.9. The highest BCUT2D eigenvalue weighted by Gasteiger charge is 2.20. The maximum Gasteiger partial charge on any atom is 0.222 e. The van der Waals surface area contributed by atoms with Crippen LogP contribution < -0.4 is 10.5 Å². The molecule has 21 heavy (non-hydrogen) atoms. The first-order valence-corrected chi connectivity index (χ1v) is 8.36. The van der Waals surface area contributed by atoms with Crippen LogP contribution in [-0.2, 0) is 4.79 Å². The smallest absolute Gasteiger partial charge is 0.222 e. The molecule has 1 fully saturated rings. The summed E-state index contributed by atoms with van der Waals surface area (Å²) in [6, 6.07) is 7.94. The number of hydrogen-bond acceptors (Lipinski definition) is 3. The molecule has 1 aliphatic heterocycles. The largest absolute Gasteiger partial charge is 0.494 e. The lowest BCUT2D eigenvalue weighted by Gasteiger charge is -2.30. The van der Waals surface area contributed by atoms with E-state index >= 15 is 0 Å². The van der Waals surface area contributed by atoms with E-state index < -0.39 is 0 Å². The lowest BCUT2D eigenvalue weighted by molar-refractivity contribution is -0.132. The Labute approximate surface area is 134 Å². The topological polar surface area (TPSA) is 55.6 Å². The molecule has 4 nitrogen and oxygen atoms in total. The predicted octanol–water partition coefficient (Wildman–Crippen LogP) is 2.95. The fourth-order valence-corrected chi connectivity index (χ4v) is 2.76. The second kappa shape index (κ2) is 8.39. The van der Waals surface area contributed by atoms with Gasteiger partial charge in [-0.3, -0.25) is 4.79 Å². The van der Waals surface area contributed by atoms with Crippen LogP contribution in [0.3, 0.4) is 0 Å². The van der Waals surface area contributed by atoms with Crippen LogP contribution in [0.25, 0.3) is 0 Å². The Bertz CT molecular complexity index is 450. The van der Waals surface area contributed by atoms with Gasteiger partial charge in [0.25, 0.3) is 0 Å². The molecule has 1 aliphatic rings. The number of amides is 1. The molecule has 5 heteroatoms. The van der Waals surface area contributed by atoms with E-state index in [0.717, 1.165) is 42.5 Å². The fraction of sp³-hybridized carbons (Fsp3) is 0.562. The third-order valence-corrected chi connectivity index (χ3v) is 4.21. The summed E-state index contributed by atoms with van der Waals surface area (Å²) in [5.74, 6) is 1.10. The number of carbonyl (C=O) groups excluding carboxylic acids is 1. The SMILES string of the molecule is NC1CCCN(C(=O)CCCCOc2ccc(Br)cc2)C1. The van der Waals surface area contributed by atoms with Crippen LogP contribution >= 0.6 is 15.9 Å². The molecule has 1 unspecified atom stereocenters. The van der Waals surface area contributed by atoms with Gasteiger partial charge in [-0.1, -0.05) is 15.9 Å². The standard InChI is InChI=1S/C16H23BrN2O2/c17-13-6-8-15(9-7-13)21-11-2-1-5-16(20)19-10-3-4-14(18)12-19/h6-9,14H,1-5,10-12,18H2. The minimum Gasteiger partial charge on any atom is -0.494 e. The molecule has 2 N–H and O–H groups in total. The fourth-order valence-electron chi connectivity index (χ4n) is 2.49. The summed E-state index contributed by atoms with van der Waals surface area (Å²) < 4.78 is 6.68. The third kappa shape index (κ3) is 5.67. The van der Waals surface area contributed by atoms with Crippen molar-refractivity contribution < 1.29 is 9.53 Å². The lowest BCUT2D eigenvalue weighted by Crippen LogP contribution is -2.45. The monoisotopic (exact) mass is 354 g/mol. The minimum atomic E-state index is 0.156. The molecule has 1 aromatic carbocycles. The second-order valence-corrected chi connectivity index (χ2v) is 6.42. The zero-order chi connectivity index (χ0) is 15.1. The number of nitrogens with zero attached hydrogens (tertiary/aromatic N) is 1. The summed E-state index contributed by atoms with van der Waals surface area (Å²) in [4.78, 5) is 13.9. The highest BCUT2D eigenvalue weighted by Crippen LogP contribution is 2.16. The molecule has 0 bridgehead atoms. The van der Waals surface area contributed by atoms with E-state index in [0.29, 0.717) is 19.6 Å². The second-order valence-electron chi connectivity index (χ2n) is 5.50. The van der Waals surface area contributed by atoms with Crippen molar-refractivity contribution >= 4 is 21.8 Å². The highest BCUT2D eigenvalue weighted by molar-refractivity contribution is 9.10. The van der Waals surface area contributed by atoms with E-state index in [4.69, 9.17) is 10.5 Å². The van der Waals surface area contributed by atoms with Crippen LogP contribution in [-0.4, -0.2) is 36.5 Å². The number of nitrogens with two attached hydrogens (primary N) is 1. The van der Waals surface area contributed by atoms with Crippen molar-refractivity contribution in [1.29, 1.82) is 0 Å². The molecule has 1 saturated heterocycles. The molecule has 2 rings (SSSR count). The molecular weight excluding hydrogens is 332 g/mol. The number of benzene rings is 1. The number of hydrogen-bond donors (Lipinski definition) is 1. The molecule has 116 valence electrons. The summed E-state index contributed by atoms with van der Waals surface area (Å²) in [7, 11) is 0. The van der Waals surface area contributed by atoms with Gasteiger partial charge in [-0.25, -0.2) is 0 Å². The van der Waals surface area contributed by atoms with E-state index in [-0.39, 0.29) is 11.9 Å². The number of halogens is 1. The maximum atomic E-state index is 12.0. The average molecular weight is 355 g/mol. The Morgan fingerprint density at radius 1 is 1.33 bits per heavy atom. The van der Waals surface area contributed by atoms with Crippen LogP contribution in [0, 0.1) is 0 Å². The first kappa shape index (κ1) is 16.3. The van der Waals surface area contributed by atoms with Crippen LogP contribution in [0.5, 0.6) is 5.75 Å². The van der Waals surface area contributed by atoms with Crippen molar-refractivity contribution in [3.63, 3.8) is 0 Å². The van der Waals surface area contributed by atoms with E-state index in [1.54, 1.807) is 0 Å². The van der Waals surface area contributed by atoms with Gasteiger partial charge in [0.05, 0.1) is 6.61 Å². The van der Waals surface area contributed by atoms with Crippen molar-refractivity contribution in [2.75, 3.05) is 19.7 Å². The van der Waals surface area contributed by atoms with Crippen LogP contribution in [0.15, 0.2) is 28.7 Å². The number of likely N-dealkylation sites (tertiary alicyclic amines) is 1. The molecular formula is C16H23BrN2O2. The van der Waals surface area contributed by atoms with Crippen LogP contribution in [0.4, 0.5) is 0 Å². The first-order chi connectivity index (χ1) is 10.1. The average Bonchev–Trinajstić information content (AvgIpc) is 2.48. The van der Waals surface area contributed by atoms with Gasteiger partial charge in [0, 0.05) is 30.0 Å². The summed E-state index contributed by atoms with van der Waals surface area (Å²) in [6.45, 7) is 2.23. The summed E-state index contributed by atoms with van der Waals surface area (Å²) >= 11 is 3.39. The normalized spacial score (nSPS) is 18.6. The van der Waals surface area contributed by atoms with Crippen LogP contribution in [0.2, 0.25) is 0 Å². The quantitative estimate of drug-likeness (QED) is 0.799. The van der Waals surface area contributed by atoms with Gasteiger partial charge in [0.15, 0.2) is 0 Å². The number of carbonyl (C=O) groups is 1. The molecule has 0 radical (unpaired) electrons. The van der Waals surface area contributed by atoms with Crippen LogP contribution in [0.1, 0.15) is 32.1 Å². The van der Waals surface area contributed by atoms with E-state index in [2.05, 4.69) is 15.9 Å². The van der Waals surface area contributed by atoms with E-state index in [1.807, 2.05) is 29.2 Å². The lowest BCUT2D eigenvalue weighted by atomic mass is 10.1. The summed E-state index contributed by atoms with van der Waals surface area (Å²) in [6.07, 6.45) is 4.41. The Morgan fingerprint density at radius 2 is 2.10 bits per heavy atom. The zero-order valence-corrected chi connectivity index (χ0v) is 13.8. The molecule has 0 saturated carbocycles. The van der Waals surface area contributed by atoms with E-state index in [1.165, 1.54) is 0 Å². The summed E-state index contributed by atoms with van der Waals surface area (Å²) in [5.41, 5.74) is 5.90. The molecule has 1 atom stereocenters. The molecule has 1 aromatic rings. The zero-order valence-electron chi connectivity index (χ0n) is 12.3. The Kier molecular flexibility index (Phi) is 6.51. The van der Waals surface area contributed by atoms with Gasteiger partial charge >= 0.3 is 0 Å². The number of unbranched alkanes of at least 4 members (excludes halogenated alkanes) is 1. The van der Waals surface area contributed by atoms with Gasteiger partial charge in [0.1, 0.15) is 5.75 Å². The third-order valence-electron chi connectivity index (χ3n) is 3.68. The molecule has 0 spiro atoms. The molecule has 0 aliphatic carbocycles. The van der Waals surface area contributed by atoms with E-state index in [9.17, 15) is 4.79 Å². The number of piperidine rings is 1. The van der Waals surface area contributed by atoms with Crippen molar-refractivity contribution in [2.45, 2.75) is 38.1 Å². The van der Waals surface area contributed by atoms with Gasteiger partial charge in [-0.15, -0.1) is 0 Å². The summed E-state index contributed by atoms with van der Waals surface area (Å²) in [5, 5.41) is 0. The molecule has 1 amide bonds. The van der Waals surface area contributed by atoms with Crippen molar-refractivity contribution in [2.24, 2.45) is 5.73 Å². The van der Waals surface area contributed by atoms with Gasteiger partial charge in [-0.2, -0.15) is 0 Å². The van der Waals surface area contributed by atoms with Crippen molar-refractivity contribution in [3.8, 4) is 5.75 Å². The minimum absolute atomic E-state index is 0.156. The Balaban J connectivity index is 1.59. The number of ether oxygens (including phenoxy) is 1. The molecule has 1 heterocycles. The van der Waals surface area contributed by atoms with Gasteiger partial charge < -0.3 is 15.4 Å². The first-order valence-electron chi connectivity index (χ1n) is 7.57. The van der Waals surface area contributed by atoms with Crippen molar-refractivity contribution in [1.82, 2.24) is 4.90 Å². The predicted molar refractivity (Wildman–Crippen MR) is 87.3 cm³/mol.